The predicted octanol–water partition coefficient (Wildman–Crippen LogP) is 1.57. The van der Waals surface area contributed by atoms with Gasteiger partial charge in [-0.2, -0.15) is 0 Å². The monoisotopic (exact) mass is 250 g/mol. The van der Waals surface area contributed by atoms with Crippen LogP contribution in [0.4, 0.5) is 5.95 Å². The first kappa shape index (κ1) is 13.2. The summed E-state index contributed by atoms with van der Waals surface area (Å²) in [6.07, 6.45) is 6.46. The minimum Gasteiger partial charge on any atom is -0.377 e. The van der Waals surface area contributed by atoms with Gasteiger partial charge in [0.1, 0.15) is 0 Å². The van der Waals surface area contributed by atoms with Crippen LogP contribution < -0.4 is 10.6 Å². The normalized spacial score (nSPS) is 19.4. The third-order valence-corrected chi connectivity index (χ3v) is 2.85. The summed E-state index contributed by atoms with van der Waals surface area (Å²) in [6.45, 7) is 6.75. The Morgan fingerprint density at radius 1 is 1.39 bits per heavy atom. The highest BCUT2D eigenvalue weighted by Crippen LogP contribution is 2.10. The van der Waals surface area contributed by atoms with Gasteiger partial charge in [-0.3, -0.25) is 0 Å². The Balaban J connectivity index is 1.72. The average molecular weight is 250 g/mol. The lowest BCUT2D eigenvalue weighted by Gasteiger charge is -2.11. The van der Waals surface area contributed by atoms with Crippen molar-refractivity contribution in [2.75, 3.05) is 18.5 Å². The summed E-state index contributed by atoms with van der Waals surface area (Å²) in [6, 6.07) is 0.355. The molecule has 0 saturated carbocycles. The lowest BCUT2D eigenvalue weighted by atomic mass is 10.2. The Morgan fingerprint density at radius 3 is 2.78 bits per heavy atom. The van der Waals surface area contributed by atoms with Gasteiger partial charge in [-0.15, -0.1) is 0 Å². The predicted molar refractivity (Wildman–Crippen MR) is 71.5 cm³/mol. The lowest BCUT2D eigenvalue weighted by molar-refractivity contribution is 0.110. The number of rotatable bonds is 6. The maximum atomic E-state index is 5.55. The summed E-state index contributed by atoms with van der Waals surface area (Å²) in [5.74, 6) is 0.688. The van der Waals surface area contributed by atoms with Crippen LogP contribution in [0.1, 0.15) is 32.3 Å². The summed E-state index contributed by atoms with van der Waals surface area (Å²) in [5, 5.41) is 6.55. The quantitative estimate of drug-likeness (QED) is 0.802. The Kier molecular flexibility index (Phi) is 4.90. The molecule has 18 heavy (non-hydrogen) atoms. The molecule has 100 valence electrons. The minimum atomic E-state index is 0.355. The topological polar surface area (TPSA) is 59.1 Å². The number of aromatic nitrogens is 2. The lowest BCUT2D eigenvalue weighted by Crippen LogP contribution is -2.25. The number of nitrogens with one attached hydrogen (secondary N) is 2. The third kappa shape index (κ3) is 4.23. The molecular formula is C13H22N4O. The molecule has 5 heteroatoms. The molecule has 0 aliphatic carbocycles. The van der Waals surface area contributed by atoms with Gasteiger partial charge in [0.25, 0.3) is 0 Å². The Morgan fingerprint density at radius 2 is 2.17 bits per heavy atom. The maximum absolute atomic E-state index is 5.55. The van der Waals surface area contributed by atoms with Gasteiger partial charge >= 0.3 is 0 Å². The molecule has 2 rings (SSSR count). The van der Waals surface area contributed by atoms with Crippen molar-refractivity contribution in [3.05, 3.63) is 18.0 Å². The zero-order chi connectivity index (χ0) is 12.8. The molecule has 0 unspecified atom stereocenters. The second kappa shape index (κ2) is 6.66. The van der Waals surface area contributed by atoms with E-state index in [4.69, 9.17) is 4.74 Å². The molecule has 2 N–H and O–H groups in total. The highest BCUT2D eigenvalue weighted by Gasteiger charge is 2.14. The van der Waals surface area contributed by atoms with Crippen molar-refractivity contribution < 1.29 is 4.74 Å². The minimum absolute atomic E-state index is 0.355. The van der Waals surface area contributed by atoms with Gasteiger partial charge < -0.3 is 15.4 Å². The Hall–Kier alpha value is -1.20. The van der Waals surface area contributed by atoms with Crippen LogP contribution in [0.25, 0.3) is 0 Å². The molecule has 5 nitrogen and oxygen atoms in total. The van der Waals surface area contributed by atoms with Gasteiger partial charge in [-0.1, -0.05) is 0 Å². The van der Waals surface area contributed by atoms with E-state index in [9.17, 15) is 0 Å². The largest absolute Gasteiger partial charge is 0.377 e. The van der Waals surface area contributed by atoms with Crippen LogP contribution in [-0.4, -0.2) is 35.3 Å². The zero-order valence-electron chi connectivity index (χ0n) is 11.1. The SMILES string of the molecule is CC(C)Nc1ncc(CNC[C@@H]2CCCO2)cn1. The fourth-order valence-electron chi connectivity index (χ4n) is 1.96. The molecule has 0 spiro atoms. The molecule has 1 atom stereocenters. The number of anilines is 1. The van der Waals surface area contributed by atoms with Gasteiger partial charge in [0, 0.05) is 43.7 Å². The molecule has 1 aliphatic rings. The third-order valence-electron chi connectivity index (χ3n) is 2.85. The van der Waals surface area contributed by atoms with Crippen molar-refractivity contribution in [3.63, 3.8) is 0 Å². The first-order valence-electron chi connectivity index (χ1n) is 6.64. The van der Waals surface area contributed by atoms with E-state index >= 15 is 0 Å². The molecule has 0 aromatic carbocycles. The fraction of sp³-hybridized carbons (Fsp3) is 0.692. The highest BCUT2D eigenvalue weighted by atomic mass is 16.5. The van der Waals surface area contributed by atoms with Crippen molar-refractivity contribution >= 4 is 5.95 Å². The van der Waals surface area contributed by atoms with Crippen LogP contribution in [0.5, 0.6) is 0 Å². The number of nitrogens with zero attached hydrogens (tertiary/aromatic N) is 2. The van der Waals surface area contributed by atoms with Crippen LogP contribution in [-0.2, 0) is 11.3 Å². The van der Waals surface area contributed by atoms with Crippen molar-refractivity contribution in [1.29, 1.82) is 0 Å². The van der Waals surface area contributed by atoms with Crippen LogP contribution in [0, 0.1) is 0 Å². The standard InChI is InChI=1S/C13H22N4O/c1-10(2)17-13-15-7-11(8-16-13)6-14-9-12-4-3-5-18-12/h7-8,10,12,14H,3-6,9H2,1-2H3,(H,15,16,17)/t12-/m0/s1. The molecule has 1 aromatic rings. The molecule has 0 bridgehead atoms. The molecule has 2 heterocycles. The van der Waals surface area contributed by atoms with Crippen molar-refractivity contribution in [3.8, 4) is 0 Å². The Labute approximate surface area is 108 Å². The van der Waals surface area contributed by atoms with E-state index in [0.29, 0.717) is 18.1 Å². The van der Waals surface area contributed by atoms with E-state index in [0.717, 1.165) is 25.3 Å². The van der Waals surface area contributed by atoms with Gasteiger partial charge in [0.2, 0.25) is 5.95 Å². The van der Waals surface area contributed by atoms with Crippen LogP contribution >= 0.6 is 0 Å². The fourth-order valence-corrected chi connectivity index (χ4v) is 1.96. The van der Waals surface area contributed by atoms with Crippen LogP contribution in [0.15, 0.2) is 12.4 Å². The second-order valence-electron chi connectivity index (χ2n) is 4.98. The maximum Gasteiger partial charge on any atom is 0.222 e. The van der Waals surface area contributed by atoms with Crippen LogP contribution in [0.2, 0.25) is 0 Å². The highest BCUT2D eigenvalue weighted by molar-refractivity contribution is 5.25. The summed E-state index contributed by atoms with van der Waals surface area (Å²) in [7, 11) is 0. The van der Waals surface area contributed by atoms with E-state index in [1.807, 2.05) is 12.4 Å². The molecule has 1 fully saturated rings. The molecule has 0 amide bonds. The smallest absolute Gasteiger partial charge is 0.222 e. The van der Waals surface area contributed by atoms with Crippen molar-refractivity contribution in [2.24, 2.45) is 0 Å². The van der Waals surface area contributed by atoms with E-state index in [1.165, 1.54) is 12.8 Å². The molecule has 1 saturated heterocycles. The van der Waals surface area contributed by atoms with E-state index < -0.39 is 0 Å². The zero-order valence-corrected chi connectivity index (χ0v) is 11.1. The average Bonchev–Trinajstić information content (AvgIpc) is 2.84. The number of hydrogen-bond acceptors (Lipinski definition) is 5. The van der Waals surface area contributed by atoms with Gasteiger partial charge in [-0.25, -0.2) is 9.97 Å². The number of ether oxygens (including phenoxy) is 1. The summed E-state index contributed by atoms with van der Waals surface area (Å²) in [4.78, 5) is 8.55. The number of hydrogen-bond donors (Lipinski definition) is 2. The summed E-state index contributed by atoms with van der Waals surface area (Å²) in [5.41, 5.74) is 1.10. The van der Waals surface area contributed by atoms with E-state index in [1.54, 1.807) is 0 Å². The van der Waals surface area contributed by atoms with Gasteiger partial charge in [-0.05, 0) is 26.7 Å². The van der Waals surface area contributed by atoms with E-state index in [-0.39, 0.29) is 0 Å². The van der Waals surface area contributed by atoms with Crippen molar-refractivity contribution in [1.82, 2.24) is 15.3 Å². The molecule has 0 radical (unpaired) electrons. The summed E-state index contributed by atoms with van der Waals surface area (Å²) < 4.78 is 5.55. The van der Waals surface area contributed by atoms with E-state index in [2.05, 4.69) is 34.4 Å². The Bertz CT molecular complexity index is 347. The van der Waals surface area contributed by atoms with Crippen molar-refractivity contribution in [2.45, 2.75) is 45.4 Å². The molecular weight excluding hydrogens is 228 g/mol. The van der Waals surface area contributed by atoms with Gasteiger partial charge in [0.15, 0.2) is 0 Å². The van der Waals surface area contributed by atoms with Gasteiger partial charge in [0.05, 0.1) is 6.10 Å². The summed E-state index contributed by atoms with van der Waals surface area (Å²) >= 11 is 0. The first-order chi connectivity index (χ1) is 8.74. The molecule has 1 aromatic heterocycles. The van der Waals surface area contributed by atoms with Crippen LogP contribution in [0.3, 0.4) is 0 Å². The molecule has 1 aliphatic heterocycles. The first-order valence-corrected chi connectivity index (χ1v) is 6.64. The second-order valence-corrected chi connectivity index (χ2v) is 4.98.